The van der Waals surface area contributed by atoms with Crippen molar-refractivity contribution in [3.05, 3.63) is 0 Å². The third-order valence-corrected chi connectivity index (χ3v) is 9.59. The van der Waals surface area contributed by atoms with E-state index in [-0.39, 0.29) is 17.9 Å². The molecule has 2 N–H and O–H groups in total. The third kappa shape index (κ3) is 6.86. The molecule has 0 saturated heterocycles. The van der Waals surface area contributed by atoms with Crippen molar-refractivity contribution in [3.63, 3.8) is 0 Å². The Bertz CT molecular complexity index is 681. The molecule has 0 aromatic rings. The van der Waals surface area contributed by atoms with Gasteiger partial charge in [0.1, 0.15) is 0 Å². The predicted molar refractivity (Wildman–Crippen MR) is 98.7 cm³/mol. The van der Waals surface area contributed by atoms with Crippen molar-refractivity contribution in [2.75, 3.05) is 11.5 Å². The number of carboxylic acid groups (broad SMARTS) is 2. The van der Waals surface area contributed by atoms with Crippen molar-refractivity contribution in [3.8, 4) is 0 Å². The van der Waals surface area contributed by atoms with E-state index in [0.717, 1.165) is 6.92 Å². The zero-order valence-corrected chi connectivity index (χ0v) is 17.2. The van der Waals surface area contributed by atoms with Crippen molar-refractivity contribution in [2.45, 2.75) is 75.7 Å². The Morgan fingerprint density at radius 3 is 1.69 bits per heavy atom. The van der Waals surface area contributed by atoms with Crippen LogP contribution in [-0.4, -0.2) is 60.5 Å². The lowest BCUT2D eigenvalue weighted by atomic mass is 10.1. The molecule has 2 atom stereocenters. The molecule has 0 aliphatic rings. The SMILES string of the molecule is CCC(C)(C(=O)O)S(=O)(=O)CCCCCCCCS(=O)(=O)C(C)C(=O)O. The standard InChI is InChI=1S/C16H30O8S2/c1-4-16(3,15(19)20)26(23,24)12-10-8-6-5-7-9-11-25(21,22)13(2)14(17)18/h13H,4-12H2,1-3H3,(H,17,18)(H,19,20). The average Bonchev–Trinajstić information content (AvgIpc) is 2.54. The summed E-state index contributed by atoms with van der Waals surface area (Å²) >= 11 is 0. The van der Waals surface area contributed by atoms with Crippen LogP contribution in [0.25, 0.3) is 0 Å². The first kappa shape index (κ1) is 24.8. The fraction of sp³-hybridized carbons (Fsp3) is 0.875. The fourth-order valence-electron chi connectivity index (χ4n) is 2.36. The molecule has 8 nitrogen and oxygen atoms in total. The Kier molecular flexibility index (Phi) is 9.79. The van der Waals surface area contributed by atoms with Crippen molar-refractivity contribution >= 4 is 31.6 Å². The van der Waals surface area contributed by atoms with Gasteiger partial charge in [0.05, 0.1) is 11.5 Å². The number of unbranched alkanes of at least 4 members (excludes halogenated alkanes) is 5. The van der Waals surface area contributed by atoms with Gasteiger partial charge in [0.25, 0.3) is 0 Å². The van der Waals surface area contributed by atoms with Gasteiger partial charge in [-0.2, -0.15) is 0 Å². The second-order valence-electron chi connectivity index (χ2n) is 6.68. The number of hydrogen-bond acceptors (Lipinski definition) is 6. The summed E-state index contributed by atoms with van der Waals surface area (Å²) in [6.07, 6.45) is 3.37. The lowest BCUT2D eigenvalue weighted by Crippen LogP contribution is -2.44. The van der Waals surface area contributed by atoms with Crippen LogP contribution < -0.4 is 0 Å². The lowest BCUT2D eigenvalue weighted by molar-refractivity contribution is -0.140. The molecule has 0 amide bonds. The Morgan fingerprint density at radius 1 is 0.885 bits per heavy atom. The molecular weight excluding hydrogens is 384 g/mol. The summed E-state index contributed by atoms with van der Waals surface area (Å²) in [4.78, 5) is 21.9. The van der Waals surface area contributed by atoms with Crippen molar-refractivity contribution < 1.29 is 36.6 Å². The highest BCUT2D eigenvalue weighted by Crippen LogP contribution is 2.24. The predicted octanol–water partition coefficient (Wildman–Crippen LogP) is 1.88. The van der Waals surface area contributed by atoms with E-state index in [1.54, 1.807) is 0 Å². The summed E-state index contributed by atoms with van der Waals surface area (Å²) < 4.78 is 46.0. The third-order valence-electron chi connectivity index (χ3n) is 4.79. The molecular formula is C16H30O8S2. The monoisotopic (exact) mass is 414 g/mol. The Labute approximate surface area is 155 Å². The van der Waals surface area contributed by atoms with Crippen LogP contribution in [0.2, 0.25) is 0 Å². The van der Waals surface area contributed by atoms with Gasteiger partial charge in [0.2, 0.25) is 0 Å². The van der Waals surface area contributed by atoms with Gasteiger partial charge in [-0.05, 0) is 33.1 Å². The molecule has 0 bridgehead atoms. The molecule has 26 heavy (non-hydrogen) atoms. The van der Waals surface area contributed by atoms with Crippen molar-refractivity contribution in [2.24, 2.45) is 0 Å². The summed E-state index contributed by atoms with van der Waals surface area (Å²) in [6, 6.07) is 0. The maximum atomic E-state index is 12.2. The number of carbonyl (C=O) groups is 2. The molecule has 0 rings (SSSR count). The van der Waals surface area contributed by atoms with Crippen molar-refractivity contribution in [1.82, 2.24) is 0 Å². The van der Waals surface area contributed by atoms with E-state index in [0.29, 0.717) is 38.5 Å². The topological polar surface area (TPSA) is 143 Å². The van der Waals surface area contributed by atoms with E-state index in [4.69, 9.17) is 10.2 Å². The second-order valence-corrected chi connectivity index (χ2v) is 11.7. The minimum Gasteiger partial charge on any atom is -0.480 e. The molecule has 154 valence electrons. The Hall–Kier alpha value is -1.16. The second kappa shape index (κ2) is 10.2. The quantitative estimate of drug-likeness (QED) is 0.410. The summed E-state index contributed by atoms with van der Waals surface area (Å²) in [5, 5.41) is 16.5. The molecule has 0 heterocycles. The van der Waals surface area contributed by atoms with Gasteiger partial charge in [-0.3, -0.25) is 9.59 Å². The van der Waals surface area contributed by atoms with Crippen LogP contribution in [0.1, 0.15) is 65.7 Å². The van der Waals surface area contributed by atoms with Crippen LogP contribution in [0.3, 0.4) is 0 Å². The molecule has 0 aromatic carbocycles. The van der Waals surface area contributed by atoms with Gasteiger partial charge in [-0.25, -0.2) is 16.8 Å². The number of sulfone groups is 2. The summed E-state index contributed by atoms with van der Waals surface area (Å²) in [5.41, 5.74) is 0. The first-order chi connectivity index (χ1) is 11.8. The molecule has 0 aliphatic carbocycles. The van der Waals surface area contributed by atoms with E-state index < -0.39 is 41.6 Å². The van der Waals surface area contributed by atoms with Gasteiger partial charge in [0, 0.05) is 0 Å². The van der Waals surface area contributed by atoms with Crippen LogP contribution in [0.5, 0.6) is 0 Å². The summed E-state index contributed by atoms with van der Waals surface area (Å²) in [7, 11) is -7.38. The normalized spacial score (nSPS) is 16.0. The first-order valence-electron chi connectivity index (χ1n) is 8.72. The van der Waals surface area contributed by atoms with E-state index >= 15 is 0 Å². The number of rotatable bonds is 14. The van der Waals surface area contributed by atoms with Gasteiger partial charge >= 0.3 is 11.9 Å². The highest BCUT2D eigenvalue weighted by molar-refractivity contribution is 7.93. The Morgan fingerprint density at radius 2 is 1.31 bits per heavy atom. The number of hydrogen-bond donors (Lipinski definition) is 2. The Balaban J connectivity index is 4.13. The molecule has 0 radical (unpaired) electrons. The molecule has 0 aromatic heterocycles. The van der Waals surface area contributed by atoms with E-state index in [2.05, 4.69) is 0 Å². The molecule has 2 unspecified atom stereocenters. The summed E-state index contributed by atoms with van der Waals surface area (Å²) in [6.45, 7) is 3.91. The molecule has 0 fully saturated rings. The zero-order chi connectivity index (χ0) is 20.6. The highest BCUT2D eigenvalue weighted by Gasteiger charge is 2.44. The maximum Gasteiger partial charge on any atom is 0.324 e. The maximum absolute atomic E-state index is 12.2. The summed E-state index contributed by atoms with van der Waals surface area (Å²) in [5.74, 6) is -3.06. The van der Waals surface area contributed by atoms with Gasteiger partial charge < -0.3 is 10.2 Å². The van der Waals surface area contributed by atoms with Crippen LogP contribution in [0.15, 0.2) is 0 Å². The van der Waals surface area contributed by atoms with E-state index in [1.807, 2.05) is 0 Å². The van der Waals surface area contributed by atoms with Crippen LogP contribution in [-0.2, 0) is 29.3 Å². The van der Waals surface area contributed by atoms with E-state index in [1.165, 1.54) is 13.8 Å². The van der Waals surface area contributed by atoms with E-state index in [9.17, 15) is 26.4 Å². The van der Waals surface area contributed by atoms with Crippen molar-refractivity contribution in [1.29, 1.82) is 0 Å². The molecule has 0 spiro atoms. The fourth-order valence-corrected chi connectivity index (χ4v) is 5.37. The van der Waals surface area contributed by atoms with Crippen LogP contribution in [0.4, 0.5) is 0 Å². The van der Waals surface area contributed by atoms with Crippen LogP contribution >= 0.6 is 0 Å². The number of carboxylic acids is 2. The molecule has 0 saturated carbocycles. The average molecular weight is 415 g/mol. The largest absolute Gasteiger partial charge is 0.480 e. The minimum atomic E-state index is -3.74. The lowest BCUT2D eigenvalue weighted by Gasteiger charge is -2.23. The minimum absolute atomic E-state index is 0.00784. The van der Waals surface area contributed by atoms with Crippen LogP contribution in [0, 0.1) is 0 Å². The first-order valence-corrected chi connectivity index (χ1v) is 12.1. The molecule has 10 heteroatoms. The van der Waals surface area contributed by atoms with Gasteiger partial charge in [-0.1, -0.05) is 32.6 Å². The number of aliphatic carboxylic acids is 2. The smallest absolute Gasteiger partial charge is 0.324 e. The zero-order valence-electron chi connectivity index (χ0n) is 15.6. The molecule has 0 aliphatic heterocycles. The van der Waals surface area contributed by atoms with Gasteiger partial charge in [0.15, 0.2) is 29.7 Å². The van der Waals surface area contributed by atoms with Gasteiger partial charge in [-0.15, -0.1) is 0 Å². The highest BCUT2D eigenvalue weighted by atomic mass is 32.2.